The van der Waals surface area contributed by atoms with Crippen LogP contribution in [0.15, 0.2) is 12.4 Å². The first-order chi connectivity index (χ1) is 4.84. The number of hydrogen-bond acceptors (Lipinski definition) is 3. The molecule has 0 radical (unpaired) electrons. The van der Waals surface area contributed by atoms with Gasteiger partial charge < -0.3 is 15.3 Å². The van der Waals surface area contributed by atoms with Crippen LogP contribution in [0.25, 0.3) is 0 Å². The van der Waals surface area contributed by atoms with Crippen LogP contribution in [0.5, 0.6) is 0 Å². The third-order valence-corrected chi connectivity index (χ3v) is 1.53. The molecule has 3 nitrogen and oxygen atoms in total. The molecule has 0 spiro atoms. The molecule has 0 atom stereocenters. The van der Waals surface area contributed by atoms with E-state index in [9.17, 15) is 0 Å². The smallest absolute Gasteiger partial charge is 0.0936 e. The van der Waals surface area contributed by atoms with Gasteiger partial charge in [0.15, 0.2) is 0 Å². The van der Waals surface area contributed by atoms with Crippen LogP contribution in [0.3, 0.4) is 0 Å². The van der Waals surface area contributed by atoms with Gasteiger partial charge in [0.05, 0.1) is 5.82 Å². The molecular weight excluding hydrogens is 128 g/mol. The molecule has 0 aromatic rings. The third kappa shape index (κ3) is 2.27. The zero-order valence-corrected chi connectivity index (χ0v) is 6.72. The van der Waals surface area contributed by atoms with Crippen LogP contribution in [-0.4, -0.2) is 37.3 Å². The molecule has 0 aromatic carbocycles. The van der Waals surface area contributed by atoms with Gasteiger partial charge in [0.2, 0.25) is 0 Å². The summed E-state index contributed by atoms with van der Waals surface area (Å²) in [6.45, 7) is 6.17. The summed E-state index contributed by atoms with van der Waals surface area (Å²) in [6.07, 6.45) is 1.32. The average molecular weight is 144 g/mol. The van der Waals surface area contributed by atoms with Crippen LogP contribution in [0, 0.1) is 0 Å². The van der Waals surface area contributed by atoms with E-state index in [0.29, 0.717) is 0 Å². The zero-order chi connectivity index (χ0) is 7.98. The lowest BCUT2D eigenvalue weighted by Crippen LogP contribution is -2.39. The fourth-order valence-corrected chi connectivity index (χ4v) is 0.744. The maximum absolute atomic E-state index is 7.00. The normalized spacial score (nSPS) is 14.5. The summed E-state index contributed by atoms with van der Waals surface area (Å²) in [6, 6.07) is 0. The molecule has 60 valence electrons. The molecule has 3 heteroatoms. The summed E-state index contributed by atoms with van der Waals surface area (Å²) >= 11 is 0. The highest BCUT2D eigenvalue weighted by atomic mass is 16.2. The Hall–Kier alpha value is -0.700. The minimum atomic E-state index is 1.00. The molecule has 0 aliphatic carbocycles. The second kappa shape index (κ2) is 5.11. The van der Waals surface area contributed by atoms with Gasteiger partial charge in [0.25, 0.3) is 0 Å². The Balaban J connectivity index is 0.000000371. The first kappa shape index (κ1) is 9.30. The van der Waals surface area contributed by atoms with E-state index in [0.717, 1.165) is 12.9 Å². The van der Waals surface area contributed by atoms with Crippen molar-refractivity contribution in [3.05, 3.63) is 12.4 Å². The fourth-order valence-electron chi connectivity index (χ4n) is 0.744. The molecule has 0 bridgehead atoms. The second-order valence-electron chi connectivity index (χ2n) is 2.04. The topological polar surface area (TPSA) is 35.5 Å². The molecule has 0 unspecified atom stereocenters. The van der Waals surface area contributed by atoms with Crippen LogP contribution in [0.2, 0.25) is 0 Å². The van der Waals surface area contributed by atoms with Crippen molar-refractivity contribution < 1.29 is 5.11 Å². The van der Waals surface area contributed by atoms with Crippen molar-refractivity contribution in [2.45, 2.75) is 6.42 Å². The highest BCUT2D eigenvalue weighted by Crippen LogP contribution is 2.09. The van der Waals surface area contributed by atoms with Crippen molar-refractivity contribution in [2.75, 3.05) is 27.2 Å². The molecule has 0 aromatic heterocycles. The minimum Gasteiger partial charge on any atom is -0.400 e. The Morgan fingerprint density at radius 2 is 2.00 bits per heavy atom. The maximum atomic E-state index is 7.00. The van der Waals surface area contributed by atoms with Gasteiger partial charge in [-0.2, -0.15) is 0 Å². The molecule has 1 heterocycles. The Kier molecular flexibility index (Phi) is 4.76. The molecule has 1 rings (SSSR count). The fraction of sp³-hybridized carbons (Fsp3) is 0.714. The summed E-state index contributed by atoms with van der Waals surface area (Å²) in [5, 5.41) is 10.00. The monoisotopic (exact) mass is 144 g/mol. The number of nitrogens with zero attached hydrogens (tertiary/aromatic N) is 1. The molecule has 1 aliphatic rings. The van der Waals surface area contributed by atoms with Crippen molar-refractivity contribution >= 4 is 0 Å². The molecular formula is C7H16N2O. The first-order valence-electron chi connectivity index (χ1n) is 3.41. The standard InChI is InChI=1S/C6H12N2.CH4O/c1-6(7-2)8-4-3-5-8;1-2/h7H,1,3-5H2,2H3;2H,1H3. The van der Waals surface area contributed by atoms with Crippen molar-refractivity contribution in [3.63, 3.8) is 0 Å². The highest BCUT2D eigenvalue weighted by Gasteiger charge is 2.13. The molecule has 0 saturated carbocycles. The van der Waals surface area contributed by atoms with Gasteiger partial charge in [-0.15, -0.1) is 0 Å². The van der Waals surface area contributed by atoms with E-state index in [1.54, 1.807) is 0 Å². The van der Waals surface area contributed by atoms with E-state index in [-0.39, 0.29) is 0 Å². The Bertz CT molecular complexity index is 99.8. The van der Waals surface area contributed by atoms with Crippen LogP contribution >= 0.6 is 0 Å². The van der Waals surface area contributed by atoms with Gasteiger partial charge >= 0.3 is 0 Å². The average Bonchev–Trinajstić information content (AvgIpc) is 1.89. The number of hydrogen-bond donors (Lipinski definition) is 2. The van der Waals surface area contributed by atoms with Crippen LogP contribution in [0.4, 0.5) is 0 Å². The Morgan fingerprint density at radius 1 is 1.50 bits per heavy atom. The van der Waals surface area contributed by atoms with Crippen molar-refractivity contribution in [2.24, 2.45) is 0 Å². The SMILES string of the molecule is C=C(NC)N1CCC1.CO. The lowest BCUT2D eigenvalue weighted by Gasteiger charge is -2.34. The lowest BCUT2D eigenvalue weighted by molar-refractivity contribution is 0.226. The zero-order valence-electron chi connectivity index (χ0n) is 6.72. The highest BCUT2D eigenvalue weighted by molar-refractivity contribution is 4.93. The van der Waals surface area contributed by atoms with E-state index in [1.807, 2.05) is 7.05 Å². The molecule has 10 heavy (non-hydrogen) atoms. The summed E-state index contributed by atoms with van der Waals surface area (Å²) in [5.41, 5.74) is 0. The van der Waals surface area contributed by atoms with Crippen molar-refractivity contribution in [1.29, 1.82) is 0 Å². The van der Waals surface area contributed by atoms with Gasteiger partial charge in [0, 0.05) is 27.2 Å². The van der Waals surface area contributed by atoms with Gasteiger partial charge in [0.1, 0.15) is 0 Å². The number of aliphatic hydroxyl groups is 1. The molecule has 1 fully saturated rings. The molecule has 2 N–H and O–H groups in total. The number of likely N-dealkylation sites (tertiary alicyclic amines) is 1. The van der Waals surface area contributed by atoms with Gasteiger partial charge in [-0.05, 0) is 6.42 Å². The first-order valence-corrected chi connectivity index (χ1v) is 3.41. The summed E-state index contributed by atoms with van der Waals surface area (Å²) in [5.74, 6) is 1.05. The van der Waals surface area contributed by atoms with E-state index in [4.69, 9.17) is 5.11 Å². The number of aliphatic hydroxyl groups excluding tert-OH is 1. The predicted octanol–water partition coefficient (Wildman–Crippen LogP) is -0.00880. The van der Waals surface area contributed by atoms with Crippen molar-refractivity contribution in [1.82, 2.24) is 10.2 Å². The quantitative estimate of drug-likeness (QED) is 0.572. The minimum absolute atomic E-state index is 1.00. The van der Waals surface area contributed by atoms with Gasteiger partial charge in [-0.3, -0.25) is 0 Å². The Labute approximate surface area is 62.3 Å². The summed E-state index contributed by atoms with van der Waals surface area (Å²) in [4.78, 5) is 2.22. The van der Waals surface area contributed by atoms with E-state index < -0.39 is 0 Å². The number of rotatable bonds is 2. The van der Waals surface area contributed by atoms with E-state index in [1.165, 1.54) is 19.5 Å². The lowest BCUT2D eigenvalue weighted by atomic mass is 10.2. The summed E-state index contributed by atoms with van der Waals surface area (Å²) in [7, 11) is 2.90. The van der Waals surface area contributed by atoms with Gasteiger partial charge in [-0.1, -0.05) is 6.58 Å². The van der Waals surface area contributed by atoms with Crippen molar-refractivity contribution in [3.8, 4) is 0 Å². The summed E-state index contributed by atoms with van der Waals surface area (Å²) < 4.78 is 0. The molecule has 0 amide bonds. The Morgan fingerprint density at radius 3 is 2.10 bits per heavy atom. The predicted molar refractivity (Wildman–Crippen MR) is 42.5 cm³/mol. The van der Waals surface area contributed by atoms with Crippen LogP contribution in [0.1, 0.15) is 6.42 Å². The second-order valence-corrected chi connectivity index (χ2v) is 2.04. The van der Waals surface area contributed by atoms with Crippen LogP contribution in [-0.2, 0) is 0 Å². The number of nitrogens with one attached hydrogen (secondary N) is 1. The molecule has 1 saturated heterocycles. The van der Waals surface area contributed by atoms with E-state index in [2.05, 4.69) is 16.8 Å². The third-order valence-electron chi connectivity index (χ3n) is 1.53. The van der Waals surface area contributed by atoms with E-state index >= 15 is 0 Å². The maximum Gasteiger partial charge on any atom is 0.0936 e. The largest absolute Gasteiger partial charge is 0.400 e. The molecule has 1 aliphatic heterocycles. The van der Waals surface area contributed by atoms with Crippen LogP contribution < -0.4 is 5.32 Å². The van der Waals surface area contributed by atoms with Gasteiger partial charge in [-0.25, -0.2) is 0 Å².